The highest BCUT2D eigenvalue weighted by molar-refractivity contribution is 7.89. The average molecular weight is 345 g/mol. The summed E-state index contributed by atoms with van der Waals surface area (Å²) in [5.74, 6) is 0.598. The van der Waals surface area contributed by atoms with Crippen LogP contribution in [0.15, 0.2) is 59.5 Å². The van der Waals surface area contributed by atoms with E-state index in [4.69, 9.17) is 4.74 Å². The SMILES string of the molecule is O=S(=O)(NCCOc1ccccc1)c1ccc(C(F)(F)F)cc1. The number of benzene rings is 2. The largest absolute Gasteiger partial charge is 0.492 e. The smallest absolute Gasteiger partial charge is 0.416 e. The molecule has 0 unspecified atom stereocenters. The van der Waals surface area contributed by atoms with Gasteiger partial charge in [0.1, 0.15) is 12.4 Å². The van der Waals surface area contributed by atoms with E-state index in [2.05, 4.69) is 4.72 Å². The molecule has 0 saturated heterocycles. The lowest BCUT2D eigenvalue weighted by molar-refractivity contribution is -0.137. The van der Waals surface area contributed by atoms with Crippen LogP contribution in [0.2, 0.25) is 0 Å². The van der Waals surface area contributed by atoms with Gasteiger partial charge in [0, 0.05) is 6.54 Å². The summed E-state index contributed by atoms with van der Waals surface area (Å²) in [7, 11) is -3.87. The van der Waals surface area contributed by atoms with E-state index in [0.29, 0.717) is 5.75 Å². The predicted octanol–water partition coefficient (Wildman–Crippen LogP) is 3.06. The van der Waals surface area contributed by atoms with Gasteiger partial charge in [0.2, 0.25) is 10.0 Å². The molecule has 0 bridgehead atoms. The molecule has 2 rings (SSSR count). The molecule has 0 heterocycles. The van der Waals surface area contributed by atoms with Gasteiger partial charge >= 0.3 is 6.18 Å². The van der Waals surface area contributed by atoms with Gasteiger partial charge in [0.25, 0.3) is 0 Å². The Bertz CT molecular complexity index is 729. The summed E-state index contributed by atoms with van der Waals surface area (Å²) < 4.78 is 68.8. The second kappa shape index (κ2) is 7.01. The van der Waals surface area contributed by atoms with E-state index in [1.807, 2.05) is 6.07 Å². The quantitative estimate of drug-likeness (QED) is 0.819. The molecule has 1 N–H and O–H groups in total. The topological polar surface area (TPSA) is 55.4 Å². The number of sulfonamides is 1. The zero-order valence-electron chi connectivity index (χ0n) is 11.9. The van der Waals surface area contributed by atoms with Crippen molar-refractivity contribution in [2.45, 2.75) is 11.1 Å². The summed E-state index contributed by atoms with van der Waals surface area (Å²) in [6, 6.07) is 12.1. The number of para-hydroxylation sites is 1. The van der Waals surface area contributed by atoms with Gasteiger partial charge in [-0.1, -0.05) is 18.2 Å². The van der Waals surface area contributed by atoms with Crippen LogP contribution < -0.4 is 9.46 Å². The lowest BCUT2D eigenvalue weighted by Crippen LogP contribution is -2.28. The first kappa shape index (κ1) is 17.3. The molecule has 0 fully saturated rings. The van der Waals surface area contributed by atoms with Gasteiger partial charge in [0.05, 0.1) is 10.5 Å². The van der Waals surface area contributed by atoms with Crippen LogP contribution in [0.4, 0.5) is 13.2 Å². The van der Waals surface area contributed by atoms with E-state index < -0.39 is 21.8 Å². The number of rotatable bonds is 6. The third-order valence-corrected chi connectivity index (χ3v) is 4.37. The summed E-state index contributed by atoms with van der Waals surface area (Å²) in [5.41, 5.74) is -0.899. The number of ether oxygens (including phenoxy) is 1. The summed E-state index contributed by atoms with van der Waals surface area (Å²) in [5, 5.41) is 0. The fourth-order valence-corrected chi connectivity index (χ4v) is 2.78. The Morgan fingerprint density at radius 1 is 0.957 bits per heavy atom. The molecule has 23 heavy (non-hydrogen) atoms. The Labute approximate surface area is 132 Å². The second-order valence-corrected chi connectivity index (χ2v) is 6.35. The van der Waals surface area contributed by atoms with Crippen molar-refractivity contribution in [1.82, 2.24) is 4.72 Å². The maximum Gasteiger partial charge on any atom is 0.416 e. The molecule has 124 valence electrons. The Balaban J connectivity index is 1.91. The van der Waals surface area contributed by atoms with Crippen molar-refractivity contribution < 1.29 is 26.3 Å². The van der Waals surface area contributed by atoms with Crippen LogP contribution in [0.3, 0.4) is 0 Å². The van der Waals surface area contributed by atoms with Crippen molar-refractivity contribution in [3.8, 4) is 5.75 Å². The highest BCUT2D eigenvalue weighted by Gasteiger charge is 2.30. The molecule has 0 aliphatic rings. The molecule has 0 atom stereocenters. The van der Waals surface area contributed by atoms with E-state index in [1.165, 1.54) is 0 Å². The van der Waals surface area contributed by atoms with Gasteiger partial charge in [0.15, 0.2) is 0 Å². The minimum atomic E-state index is -4.50. The van der Waals surface area contributed by atoms with Crippen molar-refractivity contribution in [3.63, 3.8) is 0 Å². The number of halogens is 3. The maximum absolute atomic E-state index is 12.4. The number of hydrogen-bond acceptors (Lipinski definition) is 3. The van der Waals surface area contributed by atoms with Crippen molar-refractivity contribution in [2.24, 2.45) is 0 Å². The highest BCUT2D eigenvalue weighted by atomic mass is 32.2. The van der Waals surface area contributed by atoms with Gasteiger partial charge in [-0.05, 0) is 36.4 Å². The van der Waals surface area contributed by atoms with Gasteiger partial charge in [-0.15, -0.1) is 0 Å². The summed E-state index contributed by atoms with van der Waals surface area (Å²) in [6.07, 6.45) is -4.50. The van der Waals surface area contributed by atoms with Crippen LogP contribution in [0, 0.1) is 0 Å². The minimum Gasteiger partial charge on any atom is -0.492 e. The van der Waals surface area contributed by atoms with Gasteiger partial charge in [-0.2, -0.15) is 13.2 Å². The Kier molecular flexibility index (Phi) is 5.27. The van der Waals surface area contributed by atoms with Crippen LogP contribution in [-0.4, -0.2) is 21.6 Å². The fraction of sp³-hybridized carbons (Fsp3) is 0.200. The molecule has 4 nitrogen and oxygen atoms in total. The van der Waals surface area contributed by atoms with Crippen LogP contribution >= 0.6 is 0 Å². The molecule has 0 radical (unpaired) electrons. The van der Waals surface area contributed by atoms with E-state index in [0.717, 1.165) is 24.3 Å². The normalized spacial score (nSPS) is 12.1. The van der Waals surface area contributed by atoms with Gasteiger partial charge < -0.3 is 4.74 Å². The molecule has 2 aromatic carbocycles. The second-order valence-electron chi connectivity index (χ2n) is 4.58. The average Bonchev–Trinajstić information content (AvgIpc) is 2.52. The maximum atomic E-state index is 12.4. The van der Waals surface area contributed by atoms with E-state index in [1.54, 1.807) is 24.3 Å². The number of alkyl halides is 3. The fourth-order valence-electron chi connectivity index (χ4n) is 1.77. The summed E-state index contributed by atoms with van der Waals surface area (Å²) in [4.78, 5) is -0.231. The molecule has 2 aromatic rings. The first-order valence-corrected chi connectivity index (χ1v) is 8.12. The van der Waals surface area contributed by atoms with Crippen molar-refractivity contribution in [3.05, 3.63) is 60.2 Å². The van der Waals surface area contributed by atoms with Crippen molar-refractivity contribution in [2.75, 3.05) is 13.2 Å². The van der Waals surface area contributed by atoms with Gasteiger partial charge in [-0.25, -0.2) is 13.1 Å². The molecule has 0 amide bonds. The van der Waals surface area contributed by atoms with Crippen molar-refractivity contribution in [1.29, 1.82) is 0 Å². The zero-order valence-corrected chi connectivity index (χ0v) is 12.7. The summed E-state index contributed by atoms with van der Waals surface area (Å²) >= 11 is 0. The Morgan fingerprint density at radius 3 is 2.13 bits per heavy atom. The molecule has 0 aliphatic carbocycles. The van der Waals surface area contributed by atoms with Gasteiger partial charge in [-0.3, -0.25) is 0 Å². The summed E-state index contributed by atoms with van der Waals surface area (Å²) in [6.45, 7) is 0.0993. The molecular weight excluding hydrogens is 331 g/mol. The van der Waals surface area contributed by atoms with E-state index in [9.17, 15) is 21.6 Å². The Morgan fingerprint density at radius 2 is 1.57 bits per heavy atom. The first-order valence-electron chi connectivity index (χ1n) is 6.64. The molecule has 0 aromatic heterocycles. The Hall–Kier alpha value is -2.06. The number of nitrogens with one attached hydrogen (secondary N) is 1. The molecular formula is C15H14F3NO3S. The van der Waals surface area contributed by atoms with Crippen LogP contribution in [0.25, 0.3) is 0 Å². The van der Waals surface area contributed by atoms with E-state index >= 15 is 0 Å². The number of hydrogen-bond donors (Lipinski definition) is 1. The lowest BCUT2D eigenvalue weighted by atomic mass is 10.2. The third-order valence-electron chi connectivity index (χ3n) is 2.90. The first-order chi connectivity index (χ1) is 10.8. The highest BCUT2D eigenvalue weighted by Crippen LogP contribution is 2.29. The predicted molar refractivity (Wildman–Crippen MR) is 78.6 cm³/mol. The minimum absolute atomic E-state index is 0.00174. The van der Waals surface area contributed by atoms with Crippen molar-refractivity contribution >= 4 is 10.0 Å². The molecule has 0 spiro atoms. The van der Waals surface area contributed by atoms with Crippen LogP contribution in [0.5, 0.6) is 5.75 Å². The molecule has 8 heteroatoms. The van der Waals surface area contributed by atoms with Crippen LogP contribution in [0.1, 0.15) is 5.56 Å². The monoisotopic (exact) mass is 345 g/mol. The van der Waals surface area contributed by atoms with E-state index in [-0.39, 0.29) is 18.0 Å². The molecule has 0 aliphatic heterocycles. The molecule has 0 saturated carbocycles. The lowest BCUT2D eigenvalue weighted by Gasteiger charge is -2.10. The van der Waals surface area contributed by atoms with Crippen LogP contribution in [-0.2, 0) is 16.2 Å². The zero-order chi connectivity index (χ0) is 16.9. The standard InChI is InChI=1S/C15H14F3NO3S/c16-15(17,18)12-6-8-14(9-7-12)23(20,21)19-10-11-22-13-4-2-1-3-5-13/h1-9,19H,10-11H2. The third kappa shape index (κ3) is 4.97.